The summed E-state index contributed by atoms with van der Waals surface area (Å²) in [5, 5.41) is 18.4. The second-order valence-electron chi connectivity index (χ2n) is 5.05. The number of carboxylic acids is 1. The van der Waals surface area contributed by atoms with Crippen molar-refractivity contribution in [1.82, 2.24) is 4.90 Å². The number of hydrogen-bond donors (Lipinski definition) is 2. The molecule has 86 valence electrons. The average Bonchev–Trinajstić information content (AvgIpc) is 2.72. The quantitative estimate of drug-likeness (QED) is 0.719. The molecule has 3 atom stereocenters. The number of aliphatic hydroxyl groups is 1. The van der Waals surface area contributed by atoms with Crippen molar-refractivity contribution in [2.24, 2.45) is 11.3 Å². The minimum atomic E-state index is -0.761. The van der Waals surface area contributed by atoms with Crippen LogP contribution in [-0.2, 0) is 4.79 Å². The zero-order chi connectivity index (χ0) is 11.1. The highest BCUT2D eigenvalue weighted by molar-refractivity contribution is 5.72. The molecule has 1 aliphatic carbocycles. The van der Waals surface area contributed by atoms with E-state index in [4.69, 9.17) is 5.11 Å². The maximum Gasteiger partial charge on any atom is 0.320 e. The predicted molar refractivity (Wildman–Crippen MR) is 55.5 cm³/mol. The lowest BCUT2D eigenvalue weighted by atomic mass is 9.82. The molecule has 1 saturated carbocycles. The van der Waals surface area contributed by atoms with Crippen LogP contribution in [0, 0.1) is 11.3 Å². The number of carbonyl (C=O) groups is 1. The van der Waals surface area contributed by atoms with E-state index in [9.17, 15) is 9.90 Å². The van der Waals surface area contributed by atoms with Crippen LogP contribution in [0.4, 0.5) is 0 Å². The van der Waals surface area contributed by atoms with Crippen LogP contribution in [-0.4, -0.2) is 46.8 Å². The molecule has 0 spiro atoms. The zero-order valence-electron chi connectivity index (χ0n) is 9.15. The van der Waals surface area contributed by atoms with Crippen molar-refractivity contribution < 1.29 is 15.0 Å². The Hall–Kier alpha value is -0.610. The first-order valence-electron chi connectivity index (χ1n) is 5.67. The molecule has 0 bridgehead atoms. The van der Waals surface area contributed by atoms with Gasteiger partial charge in [-0.05, 0) is 25.7 Å². The lowest BCUT2D eigenvalue weighted by Gasteiger charge is -2.27. The van der Waals surface area contributed by atoms with Crippen molar-refractivity contribution >= 4 is 5.97 Å². The summed E-state index contributed by atoms with van der Waals surface area (Å²) in [5.41, 5.74) is 0.00368. The highest BCUT2D eigenvalue weighted by atomic mass is 16.4. The van der Waals surface area contributed by atoms with Crippen molar-refractivity contribution in [1.29, 1.82) is 0 Å². The number of rotatable bonds is 3. The van der Waals surface area contributed by atoms with Gasteiger partial charge in [0.25, 0.3) is 0 Å². The second-order valence-corrected chi connectivity index (χ2v) is 5.05. The van der Waals surface area contributed by atoms with Gasteiger partial charge in [0.2, 0.25) is 0 Å². The Bertz CT molecular complexity index is 269. The Morgan fingerprint density at radius 2 is 2.40 bits per heavy atom. The molecule has 2 rings (SSSR count). The van der Waals surface area contributed by atoms with E-state index in [0.29, 0.717) is 5.92 Å². The molecule has 1 heterocycles. The first kappa shape index (κ1) is 10.9. The number of fused-ring (bicyclic) bond motifs is 1. The largest absolute Gasteiger partial charge is 0.480 e. The van der Waals surface area contributed by atoms with E-state index in [0.717, 1.165) is 25.9 Å². The Balaban J connectivity index is 2.08. The van der Waals surface area contributed by atoms with E-state index in [1.807, 2.05) is 4.90 Å². The summed E-state index contributed by atoms with van der Waals surface area (Å²) < 4.78 is 0. The van der Waals surface area contributed by atoms with Crippen LogP contribution in [0.5, 0.6) is 0 Å². The maximum absolute atomic E-state index is 10.9. The number of hydrogen-bond acceptors (Lipinski definition) is 3. The minimum Gasteiger partial charge on any atom is -0.480 e. The highest BCUT2D eigenvalue weighted by Gasteiger charge is 2.50. The molecule has 0 aromatic heterocycles. The van der Waals surface area contributed by atoms with Crippen LogP contribution < -0.4 is 0 Å². The van der Waals surface area contributed by atoms with Gasteiger partial charge >= 0.3 is 5.97 Å². The third-order valence-electron chi connectivity index (χ3n) is 4.29. The Labute approximate surface area is 89.9 Å². The van der Waals surface area contributed by atoms with Gasteiger partial charge < -0.3 is 10.2 Å². The van der Waals surface area contributed by atoms with E-state index in [1.54, 1.807) is 6.92 Å². The lowest BCUT2D eigenvalue weighted by Crippen LogP contribution is -2.39. The van der Waals surface area contributed by atoms with Crippen LogP contribution in [0.1, 0.15) is 26.2 Å². The van der Waals surface area contributed by atoms with Crippen LogP contribution in [0.15, 0.2) is 0 Å². The SMILES string of the molecule is CC(C(=O)O)N1CC2CCCC2(CO)C1. The van der Waals surface area contributed by atoms with E-state index < -0.39 is 12.0 Å². The summed E-state index contributed by atoms with van der Waals surface area (Å²) in [7, 11) is 0. The number of aliphatic hydroxyl groups excluding tert-OH is 1. The number of carboxylic acid groups (broad SMARTS) is 1. The highest BCUT2D eigenvalue weighted by Crippen LogP contribution is 2.48. The summed E-state index contributed by atoms with van der Waals surface area (Å²) >= 11 is 0. The molecule has 1 aliphatic heterocycles. The topological polar surface area (TPSA) is 60.8 Å². The molecule has 2 fully saturated rings. The molecule has 15 heavy (non-hydrogen) atoms. The fourth-order valence-corrected chi connectivity index (χ4v) is 3.17. The zero-order valence-corrected chi connectivity index (χ0v) is 9.15. The normalized spacial score (nSPS) is 37.9. The van der Waals surface area contributed by atoms with Crippen LogP contribution in [0.25, 0.3) is 0 Å². The first-order valence-corrected chi connectivity index (χ1v) is 5.67. The van der Waals surface area contributed by atoms with Crippen molar-refractivity contribution in [3.63, 3.8) is 0 Å². The third kappa shape index (κ3) is 1.66. The standard InChI is InChI=1S/C11H19NO3/c1-8(10(14)15)12-5-9-3-2-4-11(9,6-12)7-13/h8-9,13H,2-7H2,1H3,(H,14,15). The minimum absolute atomic E-state index is 0.00368. The Kier molecular flexibility index (Phi) is 2.73. The molecule has 0 aromatic carbocycles. The molecule has 0 amide bonds. The fraction of sp³-hybridized carbons (Fsp3) is 0.909. The van der Waals surface area contributed by atoms with Gasteiger partial charge in [-0.15, -0.1) is 0 Å². The van der Waals surface area contributed by atoms with E-state index in [2.05, 4.69) is 0 Å². The van der Waals surface area contributed by atoms with Gasteiger partial charge in [0.05, 0.1) is 6.61 Å². The Morgan fingerprint density at radius 3 is 2.93 bits per heavy atom. The molecule has 3 unspecified atom stereocenters. The Morgan fingerprint density at radius 1 is 1.67 bits per heavy atom. The summed E-state index contributed by atoms with van der Waals surface area (Å²) in [4.78, 5) is 12.9. The summed E-state index contributed by atoms with van der Waals surface area (Å²) in [6, 6.07) is -0.418. The van der Waals surface area contributed by atoms with Crippen molar-refractivity contribution in [3.8, 4) is 0 Å². The van der Waals surface area contributed by atoms with Gasteiger partial charge in [-0.1, -0.05) is 6.42 Å². The van der Waals surface area contributed by atoms with Crippen molar-refractivity contribution in [2.45, 2.75) is 32.2 Å². The van der Waals surface area contributed by atoms with Gasteiger partial charge in [-0.2, -0.15) is 0 Å². The smallest absolute Gasteiger partial charge is 0.320 e. The van der Waals surface area contributed by atoms with Crippen LogP contribution in [0.2, 0.25) is 0 Å². The van der Waals surface area contributed by atoms with Crippen molar-refractivity contribution in [3.05, 3.63) is 0 Å². The third-order valence-corrected chi connectivity index (χ3v) is 4.29. The summed E-state index contributed by atoms with van der Waals surface area (Å²) in [5.74, 6) is -0.257. The van der Waals surface area contributed by atoms with Gasteiger partial charge in [0, 0.05) is 18.5 Å². The van der Waals surface area contributed by atoms with Gasteiger partial charge in [-0.3, -0.25) is 9.69 Å². The lowest BCUT2D eigenvalue weighted by molar-refractivity contribution is -0.142. The predicted octanol–water partition coefficient (Wildman–Crippen LogP) is 0.554. The fourth-order valence-electron chi connectivity index (χ4n) is 3.17. The van der Waals surface area contributed by atoms with E-state index >= 15 is 0 Å². The molecule has 2 N–H and O–H groups in total. The summed E-state index contributed by atoms with van der Waals surface area (Å²) in [6.45, 7) is 3.53. The molecule has 4 heteroatoms. The monoisotopic (exact) mass is 213 g/mol. The molecule has 0 radical (unpaired) electrons. The summed E-state index contributed by atoms with van der Waals surface area (Å²) in [6.07, 6.45) is 3.38. The van der Waals surface area contributed by atoms with Crippen LogP contribution >= 0.6 is 0 Å². The molecule has 0 aromatic rings. The molecular weight excluding hydrogens is 194 g/mol. The first-order chi connectivity index (χ1) is 7.09. The van der Waals surface area contributed by atoms with Crippen molar-refractivity contribution in [2.75, 3.05) is 19.7 Å². The maximum atomic E-state index is 10.9. The molecule has 4 nitrogen and oxygen atoms in total. The molecular formula is C11H19NO3. The van der Waals surface area contributed by atoms with Gasteiger partial charge in [0.15, 0.2) is 0 Å². The average molecular weight is 213 g/mol. The molecule has 2 aliphatic rings. The van der Waals surface area contributed by atoms with Gasteiger partial charge in [0.1, 0.15) is 6.04 Å². The number of nitrogens with zero attached hydrogens (tertiary/aromatic N) is 1. The van der Waals surface area contributed by atoms with Crippen LogP contribution in [0.3, 0.4) is 0 Å². The number of likely N-dealkylation sites (tertiary alicyclic amines) is 1. The van der Waals surface area contributed by atoms with E-state index in [-0.39, 0.29) is 12.0 Å². The molecule has 1 saturated heterocycles. The second kappa shape index (κ2) is 3.76. The van der Waals surface area contributed by atoms with Gasteiger partial charge in [-0.25, -0.2) is 0 Å². The number of aliphatic carboxylic acids is 1. The van der Waals surface area contributed by atoms with E-state index in [1.165, 1.54) is 6.42 Å².